The summed E-state index contributed by atoms with van der Waals surface area (Å²) in [4.78, 5) is 13.7. The van der Waals surface area contributed by atoms with Crippen molar-refractivity contribution >= 4 is 11.6 Å². The van der Waals surface area contributed by atoms with Crippen molar-refractivity contribution in [3.05, 3.63) is 29.3 Å². The molecule has 0 aromatic heterocycles. The summed E-state index contributed by atoms with van der Waals surface area (Å²) in [6, 6.07) is 5.59. The average Bonchev–Trinajstić information content (AvgIpc) is 2.20. The first-order valence-corrected chi connectivity index (χ1v) is 4.90. The predicted octanol–water partition coefficient (Wildman–Crippen LogP) is 1.29. The molecule has 1 aliphatic rings. The first kappa shape index (κ1) is 9.06. The zero-order valence-corrected chi connectivity index (χ0v) is 8.29. The first-order valence-electron chi connectivity index (χ1n) is 4.90. The van der Waals surface area contributed by atoms with E-state index in [1.165, 1.54) is 0 Å². The van der Waals surface area contributed by atoms with Gasteiger partial charge in [-0.2, -0.15) is 0 Å². The number of carbonyl (C=O) groups is 1. The van der Waals surface area contributed by atoms with Gasteiger partial charge in [0.25, 0.3) is 5.91 Å². The molecule has 3 nitrogen and oxygen atoms in total. The topological polar surface area (TPSA) is 46.3 Å². The molecule has 1 amide bonds. The van der Waals surface area contributed by atoms with Crippen LogP contribution in [-0.2, 0) is 6.42 Å². The van der Waals surface area contributed by atoms with Crippen LogP contribution in [0.4, 0.5) is 5.69 Å². The van der Waals surface area contributed by atoms with Gasteiger partial charge in [-0.25, -0.2) is 0 Å². The Hall–Kier alpha value is -1.51. The predicted molar refractivity (Wildman–Crippen MR) is 56.1 cm³/mol. The molecule has 0 unspecified atom stereocenters. The molecule has 14 heavy (non-hydrogen) atoms. The normalized spacial score (nSPS) is 15.5. The lowest BCUT2D eigenvalue weighted by molar-refractivity contribution is 0.0749. The molecule has 74 valence electrons. The monoisotopic (exact) mass is 190 g/mol. The standard InChI is InChI=1S/C11H14N2O/c1-2-13-6-5-8-3-4-9(12)7-10(8)11(13)14/h3-4,7H,2,5-6,12H2,1H3. The Morgan fingerprint density at radius 3 is 3.00 bits per heavy atom. The van der Waals surface area contributed by atoms with Crippen molar-refractivity contribution in [2.24, 2.45) is 0 Å². The smallest absolute Gasteiger partial charge is 0.254 e. The van der Waals surface area contributed by atoms with Crippen molar-refractivity contribution in [2.75, 3.05) is 18.8 Å². The lowest BCUT2D eigenvalue weighted by Crippen LogP contribution is -2.37. The zero-order chi connectivity index (χ0) is 10.1. The van der Waals surface area contributed by atoms with Gasteiger partial charge in [0.1, 0.15) is 0 Å². The minimum Gasteiger partial charge on any atom is -0.399 e. The van der Waals surface area contributed by atoms with Crippen LogP contribution in [0.3, 0.4) is 0 Å². The number of hydrogen-bond acceptors (Lipinski definition) is 2. The Bertz CT molecular complexity index is 374. The fourth-order valence-electron chi connectivity index (χ4n) is 1.84. The van der Waals surface area contributed by atoms with Crippen LogP contribution in [0.25, 0.3) is 0 Å². The second-order valence-corrected chi connectivity index (χ2v) is 3.55. The average molecular weight is 190 g/mol. The van der Waals surface area contributed by atoms with Crippen LogP contribution in [0.5, 0.6) is 0 Å². The number of nitrogens with two attached hydrogens (primary N) is 1. The van der Waals surface area contributed by atoms with Gasteiger partial charge in [0.15, 0.2) is 0 Å². The summed E-state index contributed by atoms with van der Waals surface area (Å²) in [5, 5.41) is 0. The second-order valence-electron chi connectivity index (χ2n) is 3.55. The minimum absolute atomic E-state index is 0.112. The summed E-state index contributed by atoms with van der Waals surface area (Å²) in [5.41, 5.74) is 8.22. The fraction of sp³-hybridized carbons (Fsp3) is 0.364. The number of likely N-dealkylation sites (N-methyl/N-ethyl adjacent to an activating group) is 1. The largest absolute Gasteiger partial charge is 0.399 e. The number of hydrogen-bond donors (Lipinski definition) is 1. The van der Waals surface area contributed by atoms with Crippen LogP contribution in [-0.4, -0.2) is 23.9 Å². The van der Waals surface area contributed by atoms with Gasteiger partial charge in [0, 0.05) is 24.3 Å². The van der Waals surface area contributed by atoms with Crippen molar-refractivity contribution in [3.8, 4) is 0 Å². The number of nitrogen functional groups attached to an aromatic ring is 1. The third kappa shape index (κ3) is 1.35. The van der Waals surface area contributed by atoms with E-state index in [-0.39, 0.29) is 5.91 Å². The molecule has 2 rings (SSSR count). The highest BCUT2D eigenvalue weighted by Crippen LogP contribution is 2.20. The lowest BCUT2D eigenvalue weighted by atomic mass is 9.98. The molecule has 0 bridgehead atoms. The highest BCUT2D eigenvalue weighted by atomic mass is 16.2. The Kier molecular flexibility index (Phi) is 2.15. The number of carbonyl (C=O) groups excluding carboxylic acids is 1. The Morgan fingerprint density at radius 1 is 1.50 bits per heavy atom. The van der Waals surface area contributed by atoms with Gasteiger partial charge in [-0.3, -0.25) is 4.79 Å². The van der Waals surface area contributed by atoms with Crippen LogP contribution in [0, 0.1) is 0 Å². The number of benzene rings is 1. The number of anilines is 1. The van der Waals surface area contributed by atoms with E-state index >= 15 is 0 Å². The molecule has 0 radical (unpaired) electrons. The SMILES string of the molecule is CCN1CCc2ccc(N)cc2C1=O. The van der Waals surface area contributed by atoms with Gasteiger partial charge in [-0.1, -0.05) is 6.07 Å². The van der Waals surface area contributed by atoms with Crippen molar-refractivity contribution in [3.63, 3.8) is 0 Å². The van der Waals surface area contributed by atoms with Crippen LogP contribution < -0.4 is 5.73 Å². The van der Waals surface area contributed by atoms with Crippen molar-refractivity contribution in [1.29, 1.82) is 0 Å². The molecule has 0 atom stereocenters. The van der Waals surface area contributed by atoms with E-state index in [0.717, 1.165) is 30.6 Å². The van der Waals surface area contributed by atoms with Gasteiger partial charge < -0.3 is 10.6 Å². The summed E-state index contributed by atoms with van der Waals surface area (Å²) in [6.45, 7) is 3.59. The van der Waals surface area contributed by atoms with Crippen molar-refractivity contribution in [2.45, 2.75) is 13.3 Å². The molecule has 1 aromatic rings. The summed E-state index contributed by atoms with van der Waals surface area (Å²) in [5.74, 6) is 0.112. The highest BCUT2D eigenvalue weighted by molar-refractivity contribution is 5.97. The quantitative estimate of drug-likeness (QED) is 0.678. The van der Waals surface area contributed by atoms with Gasteiger partial charge >= 0.3 is 0 Å². The van der Waals surface area contributed by atoms with E-state index in [2.05, 4.69) is 0 Å². The van der Waals surface area contributed by atoms with E-state index in [0.29, 0.717) is 5.69 Å². The van der Waals surface area contributed by atoms with Crippen LogP contribution in [0.1, 0.15) is 22.8 Å². The molecule has 0 aliphatic carbocycles. The molecule has 0 fully saturated rings. The lowest BCUT2D eigenvalue weighted by Gasteiger charge is -2.27. The molecular formula is C11H14N2O. The molecule has 2 N–H and O–H groups in total. The van der Waals surface area contributed by atoms with E-state index in [1.54, 1.807) is 6.07 Å². The van der Waals surface area contributed by atoms with E-state index in [9.17, 15) is 4.79 Å². The van der Waals surface area contributed by atoms with Gasteiger partial charge in [0.2, 0.25) is 0 Å². The molecule has 3 heteroatoms. The van der Waals surface area contributed by atoms with E-state index in [1.807, 2.05) is 24.0 Å². The minimum atomic E-state index is 0.112. The van der Waals surface area contributed by atoms with Crippen LogP contribution in [0.2, 0.25) is 0 Å². The Labute approximate surface area is 83.5 Å². The molecule has 0 spiro atoms. The maximum atomic E-state index is 11.9. The van der Waals surface area contributed by atoms with Crippen LogP contribution >= 0.6 is 0 Å². The summed E-state index contributed by atoms with van der Waals surface area (Å²) in [6.07, 6.45) is 0.940. The Balaban J connectivity index is 2.43. The van der Waals surface area contributed by atoms with E-state index in [4.69, 9.17) is 5.73 Å². The molecular weight excluding hydrogens is 176 g/mol. The van der Waals surface area contributed by atoms with Crippen molar-refractivity contribution < 1.29 is 4.79 Å². The molecule has 0 saturated carbocycles. The third-order valence-electron chi connectivity index (χ3n) is 2.68. The molecule has 1 aliphatic heterocycles. The van der Waals surface area contributed by atoms with Gasteiger partial charge in [-0.15, -0.1) is 0 Å². The van der Waals surface area contributed by atoms with Crippen LogP contribution in [0.15, 0.2) is 18.2 Å². The van der Waals surface area contributed by atoms with E-state index < -0.39 is 0 Å². The highest BCUT2D eigenvalue weighted by Gasteiger charge is 2.22. The second kappa shape index (κ2) is 3.33. The summed E-state index contributed by atoms with van der Waals surface area (Å²) >= 11 is 0. The number of fused-ring (bicyclic) bond motifs is 1. The number of amides is 1. The number of rotatable bonds is 1. The van der Waals surface area contributed by atoms with Crippen molar-refractivity contribution in [1.82, 2.24) is 4.90 Å². The Morgan fingerprint density at radius 2 is 2.29 bits per heavy atom. The maximum absolute atomic E-state index is 11.9. The zero-order valence-electron chi connectivity index (χ0n) is 8.29. The van der Waals surface area contributed by atoms with Gasteiger partial charge in [-0.05, 0) is 31.0 Å². The number of nitrogens with zero attached hydrogens (tertiary/aromatic N) is 1. The molecule has 1 heterocycles. The first-order chi connectivity index (χ1) is 6.72. The fourth-order valence-corrected chi connectivity index (χ4v) is 1.84. The molecule has 0 saturated heterocycles. The van der Waals surface area contributed by atoms with Gasteiger partial charge in [0.05, 0.1) is 0 Å². The summed E-state index contributed by atoms with van der Waals surface area (Å²) in [7, 11) is 0. The maximum Gasteiger partial charge on any atom is 0.254 e. The summed E-state index contributed by atoms with van der Waals surface area (Å²) < 4.78 is 0. The molecule has 1 aromatic carbocycles. The third-order valence-corrected chi connectivity index (χ3v) is 2.68.